The molecular formula is C20H25NO3. The third-order valence-electron chi connectivity index (χ3n) is 3.65. The van der Waals surface area contributed by atoms with E-state index in [0.29, 0.717) is 19.4 Å². The Morgan fingerprint density at radius 1 is 1.00 bits per heavy atom. The second-order valence-corrected chi connectivity index (χ2v) is 5.62. The van der Waals surface area contributed by atoms with Crippen molar-refractivity contribution >= 4 is 11.6 Å². The predicted molar refractivity (Wildman–Crippen MR) is 96.8 cm³/mol. The largest absolute Gasteiger partial charge is 0.497 e. The van der Waals surface area contributed by atoms with Crippen LogP contribution in [0.3, 0.4) is 0 Å². The zero-order valence-electron chi connectivity index (χ0n) is 14.4. The number of carbonyl (C=O) groups is 1. The molecule has 0 fully saturated rings. The third-order valence-corrected chi connectivity index (χ3v) is 3.65. The fraction of sp³-hybridized carbons (Fsp3) is 0.350. The number of anilines is 1. The molecule has 0 unspecified atom stereocenters. The van der Waals surface area contributed by atoms with Crippen LogP contribution in [0.1, 0.15) is 31.7 Å². The number of rotatable bonds is 9. The van der Waals surface area contributed by atoms with Gasteiger partial charge in [-0.05, 0) is 54.8 Å². The van der Waals surface area contributed by atoms with Crippen LogP contribution in [-0.4, -0.2) is 19.6 Å². The number of amides is 1. The molecule has 0 bridgehead atoms. The van der Waals surface area contributed by atoms with Crippen LogP contribution in [0.15, 0.2) is 48.5 Å². The van der Waals surface area contributed by atoms with Gasteiger partial charge in [0.2, 0.25) is 5.91 Å². The molecule has 0 atom stereocenters. The van der Waals surface area contributed by atoms with E-state index in [-0.39, 0.29) is 5.91 Å². The SMILES string of the molecule is CCCc1ccc(OCCCC(=O)Nc2ccc(OC)cc2)cc1. The van der Waals surface area contributed by atoms with Crippen molar-refractivity contribution in [3.05, 3.63) is 54.1 Å². The second-order valence-electron chi connectivity index (χ2n) is 5.62. The van der Waals surface area contributed by atoms with Crippen molar-refractivity contribution in [2.75, 3.05) is 19.0 Å². The minimum Gasteiger partial charge on any atom is -0.497 e. The van der Waals surface area contributed by atoms with Crippen molar-refractivity contribution in [3.8, 4) is 11.5 Å². The molecule has 0 aliphatic carbocycles. The zero-order valence-corrected chi connectivity index (χ0v) is 14.4. The first kappa shape index (κ1) is 17.9. The van der Waals surface area contributed by atoms with Gasteiger partial charge < -0.3 is 14.8 Å². The average molecular weight is 327 g/mol. The number of hydrogen-bond acceptors (Lipinski definition) is 3. The molecule has 1 amide bonds. The summed E-state index contributed by atoms with van der Waals surface area (Å²) in [6, 6.07) is 15.5. The highest BCUT2D eigenvalue weighted by molar-refractivity contribution is 5.90. The summed E-state index contributed by atoms with van der Waals surface area (Å²) in [6.07, 6.45) is 3.34. The zero-order chi connectivity index (χ0) is 17.2. The Balaban J connectivity index is 1.66. The maximum atomic E-state index is 11.9. The molecule has 2 aromatic carbocycles. The standard InChI is InChI=1S/C20H25NO3/c1-3-5-16-7-11-19(12-8-16)24-15-4-6-20(22)21-17-9-13-18(23-2)14-10-17/h7-14H,3-6,15H2,1-2H3,(H,21,22). The van der Waals surface area contributed by atoms with E-state index in [1.807, 2.05) is 36.4 Å². The second kappa shape index (κ2) is 9.60. The quantitative estimate of drug-likeness (QED) is 0.692. The molecule has 0 saturated carbocycles. The number of hydrogen-bond donors (Lipinski definition) is 1. The highest BCUT2D eigenvalue weighted by Gasteiger charge is 2.03. The van der Waals surface area contributed by atoms with Crippen LogP contribution in [0, 0.1) is 0 Å². The highest BCUT2D eigenvalue weighted by Crippen LogP contribution is 2.16. The van der Waals surface area contributed by atoms with Crippen LogP contribution in [0.5, 0.6) is 11.5 Å². The maximum absolute atomic E-state index is 11.9. The van der Waals surface area contributed by atoms with Gasteiger partial charge in [-0.15, -0.1) is 0 Å². The van der Waals surface area contributed by atoms with E-state index < -0.39 is 0 Å². The van der Waals surface area contributed by atoms with Gasteiger partial charge in [0.05, 0.1) is 13.7 Å². The first-order valence-corrected chi connectivity index (χ1v) is 8.37. The van der Waals surface area contributed by atoms with E-state index in [9.17, 15) is 4.79 Å². The Morgan fingerprint density at radius 3 is 2.29 bits per heavy atom. The molecule has 0 radical (unpaired) electrons. The normalized spacial score (nSPS) is 10.2. The minimum atomic E-state index is -0.0120. The molecule has 2 aromatic rings. The molecule has 0 aromatic heterocycles. The van der Waals surface area contributed by atoms with Gasteiger partial charge in [-0.25, -0.2) is 0 Å². The van der Waals surface area contributed by atoms with Crippen molar-refractivity contribution in [1.82, 2.24) is 0 Å². The van der Waals surface area contributed by atoms with E-state index in [2.05, 4.69) is 24.4 Å². The van der Waals surface area contributed by atoms with Crippen molar-refractivity contribution in [2.24, 2.45) is 0 Å². The van der Waals surface area contributed by atoms with Crippen LogP contribution in [-0.2, 0) is 11.2 Å². The van der Waals surface area contributed by atoms with Gasteiger partial charge in [-0.2, -0.15) is 0 Å². The van der Waals surface area contributed by atoms with E-state index in [1.165, 1.54) is 5.56 Å². The molecular weight excluding hydrogens is 302 g/mol. The van der Waals surface area contributed by atoms with Crippen LogP contribution in [0.2, 0.25) is 0 Å². The highest BCUT2D eigenvalue weighted by atomic mass is 16.5. The monoisotopic (exact) mass is 327 g/mol. The third kappa shape index (κ3) is 5.95. The molecule has 0 heterocycles. The molecule has 0 aliphatic rings. The van der Waals surface area contributed by atoms with Crippen molar-refractivity contribution in [3.63, 3.8) is 0 Å². The van der Waals surface area contributed by atoms with Crippen molar-refractivity contribution < 1.29 is 14.3 Å². The van der Waals surface area contributed by atoms with Crippen LogP contribution >= 0.6 is 0 Å². The molecule has 1 N–H and O–H groups in total. The number of methoxy groups -OCH3 is 1. The Morgan fingerprint density at radius 2 is 1.67 bits per heavy atom. The summed E-state index contributed by atoms with van der Waals surface area (Å²) in [5.41, 5.74) is 2.09. The first-order valence-electron chi connectivity index (χ1n) is 8.37. The summed E-state index contributed by atoms with van der Waals surface area (Å²) in [7, 11) is 1.62. The average Bonchev–Trinajstić information content (AvgIpc) is 2.61. The number of aryl methyl sites for hydroxylation is 1. The van der Waals surface area contributed by atoms with Crippen molar-refractivity contribution in [2.45, 2.75) is 32.6 Å². The molecule has 128 valence electrons. The summed E-state index contributed by atoms with van der Waals surface area (Å²) in [5, 5.41) is 2.86. The Labute approximate surface area is 143 Å². The lowest BCUT2D eigenvalue weighted by Crippen LogP contribution is -2.12. The van der Waals surface area contributed by atoms with E-state index in [1.54, 1.807) is 7.11 Å². The summed E-state index contributed by atoms with van der Waals surface area (Å²) < 4.78 is 10.8. The van der Waals surface area contributed by atoms with Gasteiger partial charge in [-0.3, -0.25) is 4.79 Å². The Bertz CT molecular complexity index is 620. The molecule has 4 heteroatoms. The van der Waals surface area contributed by atoms with Gasteiger partial charge in [0.25, 0.3) is 0 Å². The smallest absolute Gasteiger partial charge is 0.224 e. The first-order chi connectivity index (χ1) is 11.7. The molecule has 2 rings (SSSR count). The topological polar surface area (TPSA) is 47.6 Å². The van der Waals surface area contributed by atoms with Crippen LogP contribution in [0.25, 0.3) is 0 Å². The lowest BCUT2D eigenvalue weighted by Gasteiger charge is -2.08. The number of benzene rings is 2. The van der Waals surface area contributed by atoms with Crippen LogP contribution < -0.4 is 14.8 Å². The van der Waals surface area contributed by atoms with E-state index in [0.717, 1.165) is 30.0 Å². The predicted octanol–water partition coefficient (Wildman–Crippen LogP) is 4.45. The lowest BCUT2D eigenvalue weighted by molar-refractivity contribution is -0.116. The molecule has 0 saturated heterocycles. The maximum Gasteiger partial charge on any atom is 0.224 e. The van der Waals surface area contributed by atoms with Gasteiger partial charge in [-0.1, -0.05) is 25.5 Å². The molecule has 4 nitrogen and oxygen atoms in total. The summed E-state index contributed by atoms with van der Waals surface area (Å²) in [5.74, 6) is 1.61. The van der Waals surface area contributed by atoms with E-state index in [4.69, 9.17) is 9.47 Å². The summed E-state index contributed by atoms with van der Waals surface area (Å²) >= 11 is 0. The number of ether oxygens (including phenoxy) is 2. The van der Waals surface area contributed by atoms with Crippen LogP contribution in [0.4, 0.5) is 5.69 Å². The van der Waals surface area contributed by atoms with Gasteiger partial charge in [0.15, 0.2) is 0 Å². The molecule has 0 aliphatic heterocycles. The molecule has 24 heavy (non-hydrogen) atoms. The fourth-order valence-corrected chi connectivity index (χ4v) is 2.36. The molecule has 0 spiro atoms. The fourth-order valence-electron chi connectivity index (χ4n) is 2.36. The van der Waals surface area contributed by atoms with E-state index >= 15 is 0 Å². The summed E-state index contributed by atoms with van der Waals surface area (Å²) in [6.45, 7) is 2.70. The Hall–Kier alpha value is -2.49. The lowest BCUT2D eigenvalue weighted by atomic mass is 10.1. The van der Waals surface area contributed by atoms with Crippen molar-refractivity contribution in [1.29, 1.82) is 0 Å². The van der Waals surface area contributed by atoms with Gasteiger partial charge in [0, 0.05) is 12.1 Å². The minimum absolute atomic E-state index is 0.0120. The number of nitrogens with one attached hydrogen (secondary N) is 1. The van der Waals surface area contributed by atoms with Gasteiger partial charge >= 0.3 is 0 Å². The number of carbonyl (C=O) groups excluding carboxylic acids is 1. The Kier molecular flexibility index (Phi) is 7.15. The van der Waals surface area contributed by atoms with Gasteiger partial charge in [0.1, 0.15) is 11.5 Å². The summed E-state index contributed by atoms with van der Waals surface area (Å²) in [4.78, 5) is 11.9.